The van der Waals surface area contributed by atoms with Gasteiger partial charge in [-0.15, -0.1) is 0 Å². The second-order valence-corrected chi connectivity index (χ2v) is 9.22. The molecule has 0 aliphatic rings. The molecule has 2 N–H and O–H groups in total. The summed E-state index contributed by atoms with van der Waals surface area (Å²) in [6.07, 6.45) is -0.235. The Labute approximate surface area is 197 Å². The zero-order valence-electron chi connectivity index (χ0n) is 18.7. The van der Waals surface area contributed by atoms with Gasteiger partial charge in [0.2, 0.25) is 5.91 Å². The molecule has 2 aromatic rings. The Bertz CT molecular complexity index is 910. The van der Waals surface area contributed by atoms with Gasteiger partial charge in [-0.2, -0.15) is 0 Å². The molecule has 0 spiro atoms. The number of nitrogens with one attached hydrogen (secondary N) is 2. The third kappa shape index (κ3) is 8.70. The van der Waals surface area contributed by atoms with E-state index in [1.54, 1.807) is 20.8 Å². The number of hydrogen-bond donors (Lipinski definition) is 2. The molecule has 0 aliphatic carbocycles. The lowest BCUT2D eigenvalue weighted by Crippen LogP contribution is -2.53. The molecule has 0 aromatic heterocycles. The van der Waals surface area contributed by atoms with E-state index < -0.39 is 35.7 Å². The van der Waals surface area contributed by atoms with E-state index in [4.69, 9.17) is 9.47 Å². The summed E-state index contributed by atoms with van der Waals surface area (Å²) in [5.41, 5.74) is 0.986. The molecular formula is C24H29BrN2O5. The van der Waals surface area contributed by atoms with Crippen molar-refractivity contribution in [2.45, 2.75) is 51.3 Å². The first-order valence-corrected chi connectivity index (χ1v) is 11.0. The molecule has 0 aliphatic heterocycles. The van der Waals surface area contributed by atoms with E-state index in [1.807, 2.05) is 54.6 Å². The van der Waals surface area contributed by atoms with Gasteiger partial charge in [-0.05, 0) is 44.0 Å². The maximum Gasteiger partial charge on any atom is 0.408 e. The van der Waals surface area contributed by atoms with Gasteiger partial charge in [0, 0.05) is 17.3 Å². The summed E-state index contributed by atoms with van der Waals surface area (Å²) in [4.78, 5) is 37.8. The molecular weight excluding hydrogens is 476 g/mol. The second kappa shape index (κ2) is 11.7. The van der Waals surface area contributed by atoms with Gasteiger partial charge in [-0.25, -0.2) is 9.59 Å². The first kappa shape index (κ1) is 25.4. The standard InChI is InChI=1S/C24H29BrN2O5/c1-24(2,3)32-23(30)27-19(14-17-10-12-18(25)13-11-17)21(28)26-20(22(29)31-4)15-16-8-6-5-7-9-16/h5-13,19-20H,14-15H2,1-4H3,(H,26,28)(H,27,30)/t19-,20-/m0/s1. The first-order chi connectivity index (χ1) is 15.1. The molecule has 0 radical (unpaired) electrons. The lowest BCUT2D eigenvalue weighted by molar-refractivity contribution is -0.145. The highest BCUT2D eigenvalue weighted by molar-refractivity contribution is 9.10. The molecule has 0 heterocycles. The summed E-state index contributed by atoms with van der Waals surface area (Å²) in [5.74, 6) is -1.08. The minimum absolute atomic E-state index is 0.220. The Kier molecular flexibility index (Phi) is 9.26. The number of halogens is 1. The molecule has 172 valence electrons. The fraction of sp³-hybridized carbons (Fsp3) is 0.375. The third-order valence-corrected chi connectivity index (χ3v) is 4.97. The van der Waals surface area contributed by atoms with Crippen LogP contribution in [0, 0.1) is 0 Å². The highest BCUT2D eigenvalue weighted by atomic mass is 79.9. The molecule has 2 rings (SSSR count). The number of carbonyl (C=O) groups is 3. The number of amides is 2. The van der Waals surface area contributed by atoms with Crippen LogP contribution in [0.5, 0.6) is 0 Å². The molecule has 2 amide bonds. The zero-order chi connectivity index (χ0) is 23.7. The van der Waals surface area contributed by atoms with Crippen molar-refractivity contribution in [3.8, 4) is 0 Å². The number of carbonyl (C=O) groups excluding carboxylic acids is 3. The molecule has 0 unspecified atom stereocenters. The first-order valence-electron chi connectivity index (χ1n) is 10.2. The number of benzene rings is 2. The molecule has 0 saturated carbocycles. The summed E-state index contributed by atoms with van der Waals surface area (Å²) >= 11 is 3.38. The molecule has 7 nitrogen and oxygen atoms in total. The fourth-order valence-electron chi connectivity index (χ4n) is 2.97. The van der Waals surface area contributed by atoms with Crippen molar-refractivity contribution in [3.05, 3.63) is 70.2 Å². The largest absolute Gasteiger partial charge is 0.467 e. The predicted octanol–water partition coefficient (Wildman–Crippen LogP) is 3.79. The Morgan fingerprint density at radius 2 is 1.44 bits per heavy atom. The van der Waals surface area contributed by atoms with E-state index in [-0.39, 0.29) is 12.8 Å². The van der Waals surface area contributed by atoms with Crippen LogP contribution in [-0.4, -0.2) is 42.8 Å². The molecule has 0 saturated heterocycles. The molecule has 32 heavy (non-hydrogen) atoms. The number of alkyl carbamates (subject to hydrolysis) is 1. The van der Waals surface area contributed by atoms with E-state index >= 15 is 0 Å². The summed E-state index contributed by atoms with van der Waals surface area (Å²) < 4.78 is 11.1. The van der Waals surface area contributed by atoms with Crippen LogP contribution in [0.2, 0.25) is 0 Å². The van der Waals surface area contributed by atoms with Crippen LogP contribution >= 0.6 is 15.9 Å². The number of esters is 1. The Hall–Kier alpha value is -2.87. The Morgan fingerprint density at radius 3 is 2.00 bits per heavy atom. The minimum atomic E-state index is -0.950. The number of hydrogen-bond acceptors (Lipinski definition) is 5. The van der Waals surface area contributed by atoms with Crippen LogP contribution in [0.4, 0.5) is 4.79 Å². The average molecular weight is 505 g/mol. The summed E-state index contributed by atoms with van der Waals surface area (Å²) in [6.45, 7) is 5.22. The average Bonchev–Trinajstić information content (AvgIpc) is 2.73. The highest BCUT2D eigenvalue weighted by Crippen LogP contribution is 2.13. The maximum atomic E-state index is 13.1. The highest BCUT2D eigenvalue weighted by Gasteiger charge is 2.29. The van der Waals surface area contributed by atoms with Gasteiger partial charge in [0.05, 0.1) is 7.11 Å². The summed E-state index contributed by atoms with van der Waals surface area (Å²) in [5, 5.41) is 5.35. The number of methoxy groups -OCH3 is 1. The van der Waals surface area contributed by atoms with Crippen LogP contribution in [0.25, 0.3) is 0 Å². The van der Waals surface area contributed by atoms with Crippen LogP contribution in [0.3, 0.4) is 0 Å². The maximum absolute atomic E-state index is 13.1. The van der Waals surface area contributed by atoms with Crippen molar-refractivity contribution in [3.63, 3.8) is 0 Å². The van der Waals surface area contributed by atoms with Crippen molar-refractivity contribution >= 4 is 33.9 Å². The summed E-state index contributed by atoms with van der Waals surface area (Å²) in [7, 11) is 1.27. The van der Waals surface area contributed by atoms with E-state index in [1.165, 1.54) is 7.11 Å². The van der Waals surface area contributed by atoms with Gasteiger partial charge in [0.15, 0.2) is 0 Å². The Balaban J connectivity index is 2.20. The fourth-order valence-corrected chi connectivity index (χ4v) is 3.24. The Morgan fingerprint density at radius 1 is 0.875 bits per heavy atom. The quantitative estimate of drug-likeness (QED) is 0.533. The topological polar surface area (TPSA) is 93.7 Å². The zero-order valence-corrected chi connectivity index (χ0v) is 20.3. The van der Waals surface area contributed by atoms with Gasteiger partial charge < -0.3 is 20.1 Å². The van der Waals surface area contributed by atoms with Gasteiger partial charge in [-0.1, -0.05) is 58.4 Å². The normalized spacial score (nSPS) is 12.9. The third-order valence-electron chi connectivity index (χ3n) is 4.45. The molecule has 2 aromatic carbocycles. The molecule has 8 heteroatoms. The number of rotatable bonds is 8. The van der Waals surface area contributed by atoms with Crippen molar-refractivity contribution in [2.75, 3.05) is 7.11 Å². The van der Waals surface area contributed by atoms with Crippen LogP contribution < -0.4 is 10.6 Å². The lowest BCUT2D eigenvalue weighted by atomic mass is 10.0. The lowest BCUT2D eigenvalue weighted by Gasteiger charge is -2.25. The number of ether oxygens (including phenoxy) is 2. The van der Waals surface area contributed by atoms with Crippen molar-refractivity contribution in [1.29, 1.82) is 0 Å². The molecule has 0 fully saturated rings. The van der Waals surface area contributed by atoms with Gasteiger partial charge >= 0.3 is 12.1 Å². The van der Waals surface area contributed by atoms with Gasteiger partial charge in [-0.3, -0.25) is 4.79 Å². The van der Waals surface area contributed by atoms with E-state index in [9.17, 15) is 14.4 Å². The predicted molar refractivity (Wildman–Crippen MR) is 125 cm³/mol. The van der Waals surface area contributed by atoms with E-state index in [0.29, 0.717) is 0 Å². The van der Waals surface area contributed by atoms with Crippen molar-refractivity contribution in [2.24, 2.45) is 0 Å². The van der Waals surface area contributed by atoms with Gasteiger partial charge in [0.25, 0.3) is 0 Å². The smallest absolute Gasteiger partial charge is 0.408 e. The minimum Gasteiger partial charge on any atom is -0.467 e. The molecule has 2 atom stereocenters. The molecule has 0 bridgehead atoms. The second-order valence-electron chi connectivity index (χ2n) is 8.30. The van der Waals surface area contributed by atoms with Crippen molar-refractivity contribution < 1.29 is 23.9 Å². The van der Waals surface area contributed by atoms with Crippen LogP contribution in [0.15, 0.2) is 59.1 Å². The van der Waals surface area contributed by atoms with E-state index in [0.717, 1.165) is 15.6 Å². The summed E-state index contributed by atoms with van der Waals surface area (Å²) in [6, 6.07) is 14.9. The van der Waals surface area contributed by atoms with E-state index in [2.05, 4.69) is 26.6 Å². The SMILES string of the molecule is COC(=O)[C@H](Cc1ccccc1)NC(=O)[C@H](Cc1ccc(Br)cc1)NC(=O)OC(C)(C)C. The van der Waals surface area contributed by atoms with Crippen LogP contribution in [-0.2, 0) is 31.9 Å². The van der Waals surface area contributed by atoms with Crippen molar-refractivity contribution in [1.82, 2.24) is 10.6 Å². The van der Waals surface area contributed by atoms with Gasteiger partial charge in [0.1, 0.15) is 17.7 Å². The monoisotopic (exact) mass is 504 g/mol. The van der Waals surface area contributed by atoms with Crippen LogP contribution in [0.1, 0.15) is 31.9 Å².